The van der Waals surface area contributed by atoms with Crippen LogP contribution in [0.2, 0.25) is 0 Å². The van der Waals surface area contributed by atoms with Crippen LogP contribution < -0.4 is 5.32 Å². The number of sulfonamides is 1. The van der Waals surface area contributed by atoms with Gasteiger partial charge in [-0.1, -0.05) is 50.1 Å². The summed E-state index contributed by atoms with van der Waals surface area (Å²) in [5.74, 6) is -1.26. The average molecular weight is 498 g/mol. The highest BCUT2D eigenvalue weighted by atomic mass is 32.2. The van der Waals surface area contributed by atoms with Gasteiger partial charge in [-0.15, -0.1) is 0 Å². The molecule has 3 aliphatic heterocycles. The molecule has 3 aliphatic rings. The number of amides is 1. The van der Waals surface area contributed by atoms with E-state index in [9.17, 15) is 18.0 Å². The maximum Gasteiger partial charge on any atom is 0.266 e. The third-order valence-electron chi connectivity index (χ3n) is 8.01. The van der Waals surface area contributed by atoms with Crippen molar-refractivity contribution in [3.63, 3.8) is 0 Å². The molecule has 7 nitrogen and oxygen atoms in total. The Kier molecular flexibility index (Phi) is 6.97. The Morgan fingerprint density at radius 1 is 1.06 bits per heavy atom. The maximum atomic E-state index is 13.9. The van der Waals surface area contributed by atoms with E-state index in [-0.39, 0.29) is 22.6 Å². The number of carbonyl (C=O) groups excluding carboxylic acids is 2. The van der Waals surface area contributed by atoms with Crippen LogP contribution in [0.15, 0.2) is 47.4 Å². The Morgan fingerprint density at radius 2 is 1.80 bits per heavy atom. The van der Waals surface area contributed by atoms with Crippen LogP contribution in [0, 0.1) is 11.8 Å². The highest BCUT2D eigenvalue weighted by molar-refractivity contribution is 7.89. The third kappa shape index (κ3) is 4.52. The molecule has 1 amide bonds. The van der Waals surface area contributed by atoms with Crippen LogP contribution >= 0.6 is 0 Å². The van der Waals surface area contributed by atoms with E-state index in [1.807, 2.05) is 31.2 Å². The second-order valence-electron chi connectivity index (χ2n) is 10.2. The standard InChI is InChI=1S/C27H35N3O4S/c1-2-8-22-25-26(23(18-28-25)24(31)13-16-29-14-6-3-7-15-29)30(27(22)32)35(33,34)21-12-11-19-9-4-5-10-20(19)17-21/h4-5,9-12,17,22-23,25-26,28H,2-3,6-8,13-16,18H2,1H3/t22-,23?,25-,26+/m1/s1. The van der Waals surface area contributed by atoms with E-state index in [1.165, 1.54) is 6.42 Å². The number of hydrogen-bond acceptors (Lipinski definition) is 6. The number of fused-ring (bicyclic) bond motifs is 2. The zero-order valence-electron chi connectivity index (χ0n) is 20.4. The molecule has 1 unspecified atom stereocenters. The summed E-state index contributed by atoms with van der Waals surface area (Å²) in [7, 11) is -4.11. The van der Waals surface area contributed by atoms with Gasteiger partial charge < -0.3 is 10.2 Å². The van der Waals surface area contributed by atoms with E-state index in [1.54, 1.807) is 18.2 Å². The van der Waals surface area contributed by atoms with Crippen molar-refractivity contribution in [3.8, 4) is 0 Å². The number of benzene rings is 2. The van der Waals surface area contributed by atoms with Gasteiger partial charge in [0.1, 0.15) is 5.78 Å². The van der Waals surface area contributed by atoms with Gasteiger partial charge in [-0.2, -0.15) is 0 Å². The second-order valence-corrected chi connectivity index (χ2v) is 12.0. The number of rotatable bonds is 8. The molecule has 3 heterocycles. The minimum atomic E-state index is -4.11. The van der Waals surface area contributed by atoms with E-state index in [4.69, 9.17) is 0 Å². The minimum Gasteiger partial charge on any atom is -0.310 e. The van der Waals surface area contributed by atoms with Crippen molar-refractivity contribution in [2.24, 2.45) is 11.8 Å². The number of ketones is 1. The van der Waals surface area contributed by atoms with Gasteiger partial charge >= 0.3 is 0 Å². The summed E-state index contributed by atoms with van der Waals surface area (Å²) in [4.78, 5) is 29.4. The number of piperidine rings is 1. The third-order valence-corrected chi connectivity index (χ3v) is 9.80. The van der Waals surface area contributed by atoms with E-state index in [2.05, 4.69) is 10.2 Å². The number of nitrogens with one attached hydrogen (secondary N) is 1. The molecule has 0 radical (unpaired) electrons. The molecule has 1 N–H and O–H groups in total. The highest BCUT2D eigenvalue weighted by Crippen LogP contribution is 2.41. The number of hydrogen-bond donors (Lipinski definition) is 1. The zero-order chi connectivity index (χ0) is 24.6. The van der Waals surface area contributed by atoms with Gasteiger partial charge in [0, 0.05) is 25.6 Å². The topological polar surface area (TPSA) is 86.8 Å². The van der Waals surface area contributed by atoms with Crippen LogP contribution in [0.4, 0.5) is 0 Å². The molecule has 35 heavy (non-hydrogen) atoms. The largest absolute Gasteiger partial charge is 0.310 e. The van der Waals surface area contributed by atoms with Crippen molar-refractivity contribution in [1.29, 1.82) is 0 Å². The summed E-state index contributed by atoms with van der Waals surface area (Å²) < 4.78 is 28.9. The van der Waals surface area contributed by atoms with E-state index in [0.717, 1.165) is 47.4 Å². The number of Topliss-reactive ketones (excluding diaryl/α,β-unsaturated/α-hetero) is 1. The first kappa shape index (κ1) is 24.4. The first-order chi connectivity index (χ1) is 16.9. The predicted octanol–water partition coefficient (Wildman–Crippen LogP) is 3.19. The van der Waals surface area contributed by atoms with Gasteiger partial charge in [0.05, 0.1) is 22.8 Å². The Morgan fingerprint density at radius 3 is 2.54 bits per heavy atom. The summed E-state index contributed by atoms with van der Waals surface area (Å²) in [6.07, 6.45) is 5.34. The molecule has 8 heteroatoms. The minimum absolute atomic E-state index is 0.0548. The Balaban J connectivity index is 1.44. The molecule has 2 aromatic carbocycles. The van der Waals surface area contributed by atoms with Crippen LogP contribution in [0.3, 0.4) is 0 Å². The lowest BCUT2D eigenvalue weighted by atomic mass is 9.89. The molecule has 188 valence electrons. The fraction of sp³-hybridized carbons (Fsp3) is 0.556. The lowest BCUT2D eigenvalue weighted by Gasteiger charge is -2.29. The Hall–Kier alpha value is -2.29. The summed E-state index contributed by atoms with van der Waals surface area (Å²) in [6, 6.07) is 11.6. The highest BCUT2D eigenvalue weighted by Gasteiger charge is 2.59. The molecule has 2 aromatic rings. The van der Waals surface area contributed by atoms with E-state index in [0.29, 0.717) is 25.9 Å². The normalized spacial score (nSPS) is 27.5. The van der Waals surface area contributed by atoms with Gasteiger partial charge in [-0.3, -0.25) is 9.59 Å². The van der Waals surface area contributed by atoms with Crippen molar-refractivity contribution < 1.29 is 18.0 Å². The van der Waals surface area contributed by atoms with Gasteiger partial charge in [-0.05, 0) is 55.3 Å². The molecule has 0 aliphatic carbocycles. The Bertz CT molecular complexity index is 1210. The molecule has 0 bridgehead atoms. The quantitative estimate of drug-likeness (QED) is 0.603. The molecule has 0 spiro atoms. The van der Waals surface area contributed by atoms with Gasteiger partial charge in [-0.25, -0.2) is 12.7 Å². The van der Waals surface area contributed by atoms with Crippen LogP contribution in [0.25, 0.3) is 10.8 Å². The van der Waals surface area contributed by atoms with Crippen molar-refractivity contribution in [2.75, 3.05) is 26.2 Å². The van der Waals surface area contributed by atoms with Crippen LogP contribution in [-0.2, 0) is 19.6 Å². The molecule has 5 rings (SSSR count). The molecule has 3 saturated heterocycles. The average Bonchev–Trinajstić information content (AvgIpc) is 3.41. The molecule has 4 atom stereocenters. The van der Waals surface area contributed by atoms with Crippen molar-refractivity contribution >= 4 is 32.5 Å². The second kappa shape index (κ2) is 9.99. The van der Waals surface area contributed by atoms with Crippen LogP contribution in [0.5, 0.6) is 0 Å². The number of likely N-dealkylation sites (tertiary alicyclic amines) is 1. The lowest BCUT2D eigenvalue weighted by Crippen LogP contribution is -2.46. The van der Waals surface area contributed by atoms with Crippen molar-refractivity contribution in [2.45, 2.75) is 62.4 Å². The van der Waals surface area contributed by atoms with Crippen molar-refractivity contribution in [1.82, 2.24) is 14.5 Å². The molecule has 3 fully saturated rings. The molecular formula is C27H35N3O4S. The number of nitrogens with zero attached hydrogens (tertiary/aromatic N) is 2. The summed E-state index contributed by atoms with van der Waals surface area (Å²) >= 11 is 0. The molecule has 0 saturated carbocycles. The predicted molar refractivity (Wildman–Crippen MR) is 135 cm³/mol. The lowest BCUT2D eigenvalue weighted by molar-refractivity contribution is -0.129. The zero-order valence-corrected chi connectivity index (χ0v) is 21.2. The monoisotopic (exact) mass is 497 g/mol. The van der Waals surface area contributed by atoms with Gasteiger partial charge in [0.2, 0.25) is 5.91 Å². The van der Waals surface area contributed by atoms with Crippen molar-refractivity contribution in [3.05, 3.63) is 42.5 Å². The first-order valence-electron chi connectivity index (χ1n) is 13.0. The van der Waals surface area contributed by atoms with Gasteiger partial charge in [0.25, 0.3) is 10.0 Å². The number of carbonyl (C=O) groups is 2. The fourth-order valence-electron chi connectivity index (χ4n) is 6.18. The van der Waals surface area contributed by atoms with Crippen LogP contribution in [0.1, 0.15) is 45.4 Å². The summed E-state index contributed by atoms with van der Waals surface area (Å²) in [5, 5.41) is 5.12. The molecule has 0 aromatic heterocycles. The molecular weight excluding hydrogens is 462 g/mol. The SMILES string of the molecule is CCC[C@H]1C(=O)N(S(=O)(=O)c2ccc3ccccc3c2)[C@H]2C(C(=O)CCN3CCCCC3)CN[C@H]12. The Labute approximate surface area is 207 Å². The van der Waals surface area contributed by atoms with E-state index < -0.39 is 27.9 Å². The van der Waals surface area contributed by atoms with Gasteiger partial charge in [0.15, 0.2) is 0 Å². The smallest absolute Gasteiger partial charge is 0.266 e. The maximum absolute atomic E-state index is 13.9. The van der Waals surface area contributed by atoms with E-state index >= 15 is 0 Å². The summed E-state index contributed by atoms with van der Waals surface area (Å²) in [5.41, 5.74) is 0. The summed E-state index contributed by atoms with van der Waals surface area (Å²) in [6.45, 7) is 5.16. The fourth-order valence-corrected chi connectivity index (χ4v) is 7.90. The first-order valence-corrected chi connectivity index (χ1v) is 14.4. The van der Waals surface area contributed by atoms with Crippen LogP contribution in [-0.4, -0.2) is 67.6 Å².